The Kier molecular flexibility index (Phi) is 10.3. The molecule has 49 heavy (non-hydrogen) atoms. The number of nitrogens with one attached hydrogen (secondary N) is 1. The predicted octanol–water partition coefficient (Wildman–Crippen LogP) is 8.87. The van der Waals surface area contributed by atoms with Crippen LogP contribution in [0.3, 0.4) is 0 Å². The van der Waals surface area contributed by atoms with Gasteiger partial charge in [0, 0.05) is 45.0 Å². The lowest BCUT2D eigenvalue weighted by molar-refractivity contribution is -0.121. The molecule has 1 amide bonds. The number of pyridine rings is 2. The molecule has 2 aromatic heterocycles. The van der Waals surface area contributed by atoms with Crippen molar-refractivity contribution in [2.75, 3.05) is 13.2 Å². The molecule has 6 nitrogen and oxygen atoms in total. The number of carbonyl (C=O) groups is 1. The van der Waals surface area contributed by atoms with E-state index in [1.165, 1.54) is 43.4 Å². The number of nitrogens with zero attached hydrogens (tertiary/aromatic N) is 3. The van der Waals surface area contributed by atoms with Crippen molar-refractivity contribution >= 4 is 38.2 Å². The van der Waals surface area contributed by atoms with Crippen molar-refractivity contribution in [3.05, 3.63) is 150 Å². The molecule has 0 saturated heterocycles. The molecule has 2 heterocycles. The third-order valence-corrected chi connectivity index (χ3v) is 9.16. The van der Waals surface area contributed by atoms with Gasteiger partial charge in [-0.3, -0.25) is 19.7 Å². The van der Waals surface area contributed by atoms with Gasteiger partial charge in [-0.2, -0.15) is 0 Å². The fourth-order valence-electron chi connectivity index (χ4n) is 6.79. The first-order chi connectivity index (χ1) is 24.2. The second-order valence-electron chi connectivity index (χ2n) is 12.8. The Hall–Kier alpha value is -5.33. The van der Waals surface area contributed by atoms with Gasteiger partial charge in [0.2, 0.25) is 5.91 Å². The molecule has 0 atom stereocenters. The van der Waals surface area contributed by atoms with Crippen molar-refractivity contribution in [3.63, 3.8) is 0 Å². The molecular weight excluding hydrogens is 604 g/mol. The summed E-state index contributed by atoms with van der Waals surface area (Å²) in [4.78, 5) is 24.0. The summed E-state index contributed by atoms with van der Waals surface area (Å²) in [7, 11) is 0. The van der Waals surface area contributed by atoms with Gasteiger partial charge in [-0.05, 0) is 106 Å². The largest absolute Gasteiger partial charge is 0.494 e. The number of hydrogen-bond acceptors (Lipinski definition) is 5. The number of aromatic nitrogens is 2. The predicted molar refractivity (Wildman–Crippen MR) is 199 cm³/mol. The van der Waals surface area contributed by atoms with Crippen molar-refractivity contribution in [2.45, 2.75) is 51.7 Å². The van der Waals surface area contributed by atoms with Gasteiger partial charge < -0.3 is 10.1 Å². The van der Waals surface area contributed by atoms with Gasteiger partial charge in [0.05, 0.1) is 18.0 Å². The van der Waals surface area contributed by atoms with E-state index in [1.54, 1.807) is 0 Å². The first kappa shape index (κ1) is 32.2. The van der Waals surface area contributed by atoms with Gasteiger partial charge in [-0.1, -0.05) is 78.9 Å². The first-order valence-electron chi connectivity index (χ1n) is 17.4. The minimum atomic E-state index is 0.118. The summed E-state index contributed by atoms with van der Waals surface area (Å²) >= 11 is 0. The van der Waals surface area contributed by atoms with Gasteiger partial charge in [0.25, 0.3) is 0 Å². The van der Waals surface area contributed by atoms with Crippen LogP contribution in [0, 0.1) is 0 Å². The summed E-state index contributed by atoms with van der Waals surface area (Å²) in [6.45, 7) is 3.49. The lowest BCUT2D eigenvalue weighted by Gasteiger charge is -2.22. The zero-order valence-corrected chi connectivity index (χ0v) is 27.9. The van der Waals surface area contributed by atoms with E-state index in [0.29, 0.717) is 19.6 Å². The molecule has 0 aliphatic heterocycles. The van der Waals surface area contributed by atoms with Gasteiger partial charge in [-0.25, -0.2) is 0 Å². The van der Waals surface area contributed by atoms with E-state index in [1.807, 2.05) is 48.8 Å². The Morgan fingerprint density at radius 3 is 2.08 bits per heavy atom. The molecule has 0 unspecified atom stereocenters. The molecule has 0 radical (unpaired) electrons. The standard InChI is InChI=1S/C43H42N4O2/c48-41(17-9-11-33-18-19-36-21-20-34-12-8-13-35-22-23-40(33)43(36)42(34)35)46-26-5-6-27-49-39-16-7-10-32(28-39)29-47(30-37-14-1-3-24-44-37)31-38-15-2-4-25-45-38/h1-4,7-8,10,12-16,18-25,28H,5-6,9,11,17,26-27,29-31H2,(H,46,48). The maximum absolute atomic E-state index is 12.6. The number of unbranched alkanes of at least 4 members (excludes halogenated alkanes) is 1. The first-order valence-corrected chi connectivity index (χ1v) is 17.4. The molecule has 0 aliphatic rings. The van der Waals surface area contributed by atoms with E-state index < -0.39 is 0 Å². The Balaban J connectivity index is 0.840. The molecule has 7 rings (SSSR count). The van der Waals surface area contributed by atoms with Crippen LogP contribution in [-0.4, -0.2) is 33.9 Å². The van der Waals surface area contributed by atoms with E-state index in [2.05, 4.69) is 99.0 Å². The highest BCUT2D eigenvalue weighted by Gasteiger charge is 2.13. The van der Waals surface area contributed by atoms with Crippen LogP contribution in [0.4, 0.5) is 0 Å². The number of ether oxygens (including phenoxy) is 1. The van der Waals surface area contributed by atoms with Crippen molar-refractivity contribution < 1.29 is 9.53 Å². The monoisotopic (exact) mass is 646 g/mol. The fraction of sp³-hybridized carbons (Fsp3) is 0.233. The minimum Gasteiger partial charge on any atom is -0.494 e. The number of carbonyl (C=O) groups excluding carboxylic acids is 1. The molecule has 7 aromatic rings. The highest BCUT2D eigenvalue weighted by Crippen LogP contribution is 2.36. The second kappa shape index (κ2) is 15.7. The molecule has 0 fully saturated rings. The molecule has 1 N–H and O–H groups in total. The highest BCUT2D eigenvalue weighted by molar-refractivity contribution is 6.23. The average Bonchev–Trinajstić information content (AvgIpc) is 3.13. The maximum atomic E-state index is 12.6. The number of benzene rings is 5. The summed E-state index contributed by atoms with van der Waals surface area (Å²) < 4.78 is 6.11. The van der Waals surface area contributed by atoms with Crippen LogP contribution in [0.15, 0.2) is 128 Å². The molecule has 246 valence electrons. The van der Waals surface area contributed by atoms with Gasteiger partial charge in [0.1, 0.15) is 5.75 Å². The molecule has 0 spiro atoms. The van der Waals surface area contributed by atoms with E-state index in [-0.39, 0.29) is 5.91 Å². The van der Waals surface area contributed by atoms with Crippen LogP contribution >= 0.6 is 0 Å². The van der Waals surface area contributed by atoms with E-state index in [0.717, 1.165) is 62.5 Å². The van der Waals surface area contributed by atoms with Crippen LogP contribution in [0.25, 0.3) is 32.3 Å². The maximum Gasteiger partial charge on any atom is 0.220 e. The smallest absolute Gasteiger partial charge is 0.220 e. The van der Waals surface area contributed by atoms with Crippen molar-refractivity contribution in [1.29, 1.82) is 0 Å². The number of amides is 1. The topological polar surface area (TPSA) is 67.3 Å². The van der Waals surface area contributed by atoms with Gasteiger partial charge in [-0.15, -0.1) is 0 Å². The Morgan fingerprint density at radius 1 is 0.653 bits per heavy atom. The van der Waals surface area contributed by atoms with E-state index in [4.69, 9.17) is 4.74 Å². The van der Waals surface area contributed by atoms with Crippen molar-refractivity contribution in [3.8, 4) is 5.75 Å². The quantitative estimate of drug-likeness (QED) is 0.0839. The third kappa shape index (κ3) is 8.22. The summed E-state index contributed by atoms with van der Waals surface area (Å²) in [6, 6.07) is 40.2. The van der Waals surface area contributed by atoms with Crippen molar-refractivity contribution in [1.82, 2.24) is 20.2 Å². The molecule has 0 bridgehead atoms. The van der Waals surface area contributed by atoms with Crippen LogP contribution in [0.1, 0.15) is 48.2 Å². The SMILES string of the molecule is O=C(CCCc1ccc2ccc3cccc4ccc1c2c34)NCCCCOc1cccc(CN(Cc2ccccn2)Cc2ccccn2)c1. The number of aryl methyl sites for hydroxylation is 1. The average molecular weight is 647 g/mol. The Morgan fingerprint density at radius 2 is 1.35 bits per heavy atom. The van der Waals surface area contributed by atoms with Gasteiger partial charge in [0.15, 0.2) is 0 Å². The number of rotatable bonds is 16. The summed E-state index contributed by atoms with van der Waals surface area (Å²) in [6.07, 6.45) is 7.67. The third-order valence-electron chi connectivity index (χ3n) is 9.16. The zero-order valence-electron chi connectivity index (χ0n) is 27.9. The van der Waals surface area contributed by atoms with E-state index >= 15 is 0 Å². The molecule has 0 aliphatic carbocycles. The summed E-state index contributed by atoms with van der Waals surface area (Å²) in [5, 5.41) is 10.9. The normalized spacial score (nSPS) is 11.5. The molecular formula is C43H42N4O2. The molecule has 0 saturated carbocycles. The van der Waals surface area contributed by atoms with Crippen LogP contribution in [0.5, 0.6) is 5.75 Å². The zero-order chi connectivity index (χ0) is 33.3. The highest BCUT2D eigenvalue weighted by atomic mass is 16.5. The second-order valence-corrected chi connectivity index (χ2v) is 12.8. The van der Waals surface area contributed by atoms with Crippen LogP contribution in [0.2, 0.25) is 0 Å². The lowest BCUT2D eigenvalue weighted by atomic mass is 9.90. The van der Waals surface area contributed by atoms with Crippen LogP contribution in [-0.2, 0) is 30.8 Å². The summed E-state index contributed by atoms with van der Waals surface area (Å²) in [5.74, 6) is 0.983. The molecule has 5 aromatic carbocycles. The van der Waals surface area contributed by atoms with E-state index in [9.17, 15) is 4.79 Å². The van der Waals surface area contributed by atoms with Crippen LogP contribution < -0.4 is 10.1 Å². The molecule has 6 heteroatoms. The number of hydrogen-bond donors (Lipinski definition) is 1. The fourth-order valence-corrected chi connectivity index (χ4v) is 6.79. The summed E-state index contributed by atoms with van der Waals surface area (Å²) in [5.41, 5.74) is 4.55. The van der Waals surface area contributed by atoms with Gasteiger partial charge >= 0.3 is 0 Å². The minimum absolute atomic E-state index is 0.118. The Bertz CT molecular complexity index is 2060. The Labute approximate surface area is 288 Å². The van der Waals surface area contributed by atoms with Crippen molar-refractivity contribution in [2.24, 2.45) is 0 Å². The lowest BCUT2D eigenvalue weighted by Crippen LogP contribution is -2.24.